The molecule has 1 saturated heterocycles. The van der Waals surface area contributed by atoms with Crippen LogP contribution in [0.5, 0.6) is 0 Å². The number of benzene rings is 1. The van der Waals surface area contributed by atoms with Crippen LogP contribution in [0.15, 0.2) is 34.9 Å². The van der Waals surface area contributed by atoms with Crippen LogP contribution in [0.1, 0.15) is 38.1 Å². The third-order valence-electron chi connectivity index (χ3n) is 3.77. The molecule has 0 aliphatic carbocycles. The maximum atomic E-state index is 5.43. The van der Waals surface area contributed by atoms with Gasteiger partial charge in [-0.2, -0.15) is 4.98 Å². The van der Waals surface area contributed by atoms with Gasteiger partial charge in [0.15, 0.2) is 0 Å². The molecular formula is C15H19N3O. The van der Waals surface area contributed by atoms with Gasteiger partial charge in [-0.05, 0) is 32.9 Å². The Kier molecular flexibility index (Phi) is 3.60. The zero-order chi connectivity index (χ0) is 13.1. The summed E-state index contributed by atoms with van der Waals surface area (Å²) >= 11 is 0. The molecule has 0 radical (unpaired) electrons. The molecule has 0 bridgehead atoms. The van der Waals surface area contributed by atoms with Gasteiger partial charge in [0.1, 0.15) is 0 Å². The minimum atomic E-state index is 0.213. The standard InChI is InChI=1S/C15H19N3O/c1-12(18-10-6-3-7-11-18)15-16-14(17-19-15)13-8-4-2-5-9-13/h2,4-5,8-9,12H,3,6-7,10-11H2,1H3/t12-/m0/s1. The van der Waals surface area contributed by atoms with E-state index in [0.717, 1.165) is 24.5 Å². The normalized spacial score (nSPS) is 18.4. The molecule has 3 rings (SSSR count). The van der Waals surface area contributed by atoms with Crippen molar-refractivity contribution in [2.75, 3.05) is 13.1 Å². The van der Waals surface area contributed by atoms with Crippen molar-refractivity contribution in [2.45, 2.75) is 32.2 Å². The number of rotatable bonds is 3. The summed E-state index contributed by atoms with van der Waals surface area (Å²) in [7, 11) is 0. The Morgan fingerprint density at radius 3 is 2.58 bits per heavy atom. The first-order valence-corrected chi connectivity index (χ1v) is 6.97. The van der Waals surface area contributed by atoms with Gasteiger partial charge in [0.25, 0.3) is 0 Å². The molecule has 1 fully saturated rings. The van der Waals surface area contributed by atoms with Gasteiger partial charge in [-0.25, -0.2) is 0 Å². The van der Waals surface area contributed by atoms with Gasteiger partial charge >= 0.3 is 0 Å². The van der Waals surface area contributed by atoms with Crippen LogP contribution in [0.3, 0.4) is 0 Å². The highest BCUT2D eigenvalue weighted by molar-refractivity contribution is 5.53. The van der Waals surface area contributed by atoms with Gasteiger partial charge < -0.3 is 4.52 Å². The van der Waals surface area contributed by atoms with E-state index < -0.39 is 0 Å². The number of likely N-dealkylation sites (tertiary alicyclic amines) is 1. The number of hydrogen-bond acceptors (Lipinski definition) is 4. The second-order valence-electron chi connectivity index (χ2n) is 5.09. The zero-order valence-corrected chi connectivity index (χ0v) is 11.2. The highest BCUT2D eigenvalue weighted by atomic mass is 16.5. The van der Waals surface area contributed by atoms with E-state index in [-0.39, 0.29) is 6.04 Å². The Hall–Kier alpha value is -1.68. The summed E-state index contributed by atoms with van der Waals surface area (Å²) in [5.74, 6) is 1.40. The van der Waals surface area contributed by atoms with Gasteiger partial charge in [0.05, 0.1) is 6.04 Å². The Morgan fingerprint density at radius 1 is 1.11 bits per heavy atom. The van der Waals surface area contributed by atoms with Crippen LogP contribution in [0, 0.1) is 0 Å². The summed E-state index contributed by atoms with van der Waals surface area (Å²) in [6.45, 7) is 4.40. The maximum Gasteiger partial charge on any atom is 0.244 e. The van der Waals surface area contributed by atoms with Crippen LogP contribution in [0.25, 0.3) is 11.4 Å². The van der Waals surface area contributed by atoms with Gasteiger partial charge in [-0.1, -0.05) is 41.9 Å². The van der Waals surface area contributed by atoms with Crippen molar-refractivity contribution in [3.05, 3.63) is 36.2 Å². The van der Waals surface area contributed by atoms with E-state index in [0.29, 0.717) is 5.82 Å². The van der Waals surface area contributed by atoms with Gasteiger partial charge in [-0.15, -0.1) is 0 Å². The second-order valence-corrected chi connectivity index (χ2v) is 5.09. The average Bonchev–Trinajstić information content (AvgIpc) is 2.98. The van der Waals surface area contributed by atoms with Crippen molar-refractivity contribution in [3.8, 4) is 11.4 Å². The zero-order valence-electron chi connectivity index (χ0n) is 11.2. The summed E-state index contributed by atoms with van der Waals surface area (Å²) in [5, 5.41) is 4.09. The van der Waals surface area contributed by atoms with Crippen molar-refractivity contribution in [2.24, 2.45) is 0 Å². The quantitative estimate of drug-likeness (QED) is 0.846. The van der Waals surface area contributed by atoms with Crippen LogP contribution in [-0.2, 0) is 0 Å². The maximum absolute atomic E-state index is 5.43. The molecule has 0 amide bonds. The highest BCUT2D eigenvalue weighted by Gasteiger charge is 2.23. The third-order valence-corrected chi connectivity index (χ3v) is 3.77. The number of nitrogens with zero attached hydrogens (tertiary/aromatic N) is 3. The van der Waals surface area contributed by atoms with E-state index in [4.69, 9.17) is 4.52 Å². The molecule has 2 aromatic rings. The number of hydrogen-bond donors (Lipinski definition) is 0. The smallest absolute Gasteiger partial charge is 0.244 e. The fourth-order valence-corrected chi connectivity index (χ4v) is 2.57. The predicted octanol–water partition coefficient (Wildman–Crippen LogP) is 3.28. The van der Waals surface area contributed by atoms with Crippen molar-refractivity contribution < 1.29 is 4.52 Å². The van der Waals surface area contributed by atoms with E-state index in [9.17, 15) is 0 Å². The molecule has 0 saturated carbocycles. The summed E-state index contributed by atoms with van der Waals surface area (Å²) < 4.78 is 5.43. The first-order chi connectivity index (χ1) is 9.34. The van der Waals surface area contributed by atoms with Crippen molar-refractivity contribution >= 4 is 0 Å². The fraction of sp³-hybridized carbons (Fsp3) is 0.467. The molecule has 1 atom stereocenters. The summed E-state index contributed by atoms with van der Waals surface area (Å²) in [6, 6.07) is 10.2. The lowest BCUT2D eigenvalue weighted by Gasteiger charge is -2.29. The summed E-state index contributed by atoms with van der Waals surface area (Å²) in [5.41, 5.74) is 1.00. The van der Waals surface area contributed by atoms with Crippen molar-refractivity contribution in [3.63, 3.8) is 0 Å². The Bertz CT molecular complexity index is 517. The molecule has 0 N–H and O–H groups in total. The van der Waals surface area contributed by atoms with E-state index >= 15 is 0 Å². The molecule has 19 heavy (non-hydrogen) atoms. The lowest BCUT2D eigenvalue weighted by atomic mass is 10.1. The van der Waals surface area contributed by atoms with Crippen LogP contribution in [-0.4, -0.2) is 28.1 Å². The van der Waals surface area contributed by atoms with Crippen molar-refractivity contribution in [1.82, 2.24) is 15.0 Å². The van der Waals surface area contributed by atoms with E-state index in [2.05, 4.69) is 22.0 Å². The molecule has 1 aliphatic heterocycles. The fourth-order valence-electron chi connectivity index (χ4n) is 2.57. The average molecular weight is 257 g/mol. The highest BCUT2D eigenvalue weighted by Crippen LogP contribution is 2.24. The van der Waals surface area contributed by atoms with Gasteiger partial charge in [-0.3, -0.25) is 4.90 Å². The topological polar surface area (TPSA) is 42.2 Å². The SMILES string of the molecule is C[C@@H](c1nc(-c2ccccc2)no1)N1CCCCC1. The van der Waals surface area contributed by atoms with Crippen LogP contribution >= 0.6 is 0 Å². The summed E-state index contributed by atoms with van der Waals surface area (Å²) in [6.07, 6.45) is 3.87. The van der Waals surface area contributed by atoms with E-state index in [1.165, 1.54) is 19.3 Å². The molecule has 1 aromatic carbocycles. The number of piperidine rings is 1. The Morgan fingerprint density at radius 2 is 1.84 bits per heavy atom. The lowest BCUT2D eigenvalue weighted by Crippen LogP contribution is -2.32. The molecule has 4 heteroatoms. The first kappa shape index (κ1) is 12.4. The molecule has 4 nitrogen and oxygen atoms in total. The minimum Gasteiger partial charge on any atom is -0.337 e. The molecule has 1 aliphatic rings. The monoisotopic (exact) mass is 257 g/mol. The molecule has 2 heterocycles. The Balaban J connectivity index is 1.77. The van der Waals surface area contributed by atoms with Crippen LogP contribution in [0.2, 0.25) is 0 Å². The van der Waals surface area contributed by atoms with Gasteiger partial charge in [0, 0.05) is 5.56 Å². The molecule has 0 unspecified atom stereocenters. The predicted molar refractivity (Wildman–Crippen MR) is 73.6 cm³/mol. The van der Waals surface area contributed by atoms with Crippen LogP contribution < -0.4 is 0 Å². The third kappa shape index (κ3) is 2.68. The largest absolute Gasteiger partial charge is 0.337 e. The lowest BCUT2D eigenvalue weighted by molar-refractivity contribution is 0.146. The van der Waals surface area contributed by atoms with E-state index in [1.807, 2.05) is 30.3 Å². The summed E-state index contributed by atoms with van der Waals surface area (Å²) in [4.78, 5) is 6.96. The molecular weight excluding hydrogens is 238 g/mol. The first-order valence-electron chi connectivity index (χ1n) is 6.97. The molecule has 0 spiro atoms. The van der Waals surface area contributed by atoms with Crippen molar-refractivity contribution in [1.29, 1.82) is 0 Å². The molecule has 100 valence electrons. The molecule has 1 aromatic heterocycles. The second kappa shape index (κ2) is 5.53. The van der Waals surface area contributed by atoms with Crippen LogP contribution in [0.4, 0.5) is 0 Å². The van der Waals surface area contributed by atoms with E-state index in [1.54, 1.807) is 0 Å². The minimum absolute atomic E-state index is 0.213. The van der Waals surface area contributed by atoms with Gasteiger partial charge in [0.2, 0.25) is 11.7 Å². The Labute approximate surface area is 113 Å². The number of aromatic nitrogens is 2.